The van der Waals surface area contributed by atoms with E-state index in [1.54, 1.807) is 32.2 Å². The molecule has 0 aliphatic rings. The van der Waals surface area contributed by atoms with Gasteiger partial charge in [0.1, 0.15) is 10.7 Å². The Kier molecular flexibility index (Phi) is 6.09. The quantitative estimate of drug-likeness (QED) is 0.616. The fourth-order valence-corrected chi connectivity index (χ4v) is 5.00. The van der Waals surface area contributed by atoms with Crippen LogP contribution in [0.15, 0.2) is 35.6 Å². The SMILES string of the molecule is CC(=O)Nc1cc(-c2cnc(C)c(CS(=O)(=O)c3cn(C)nc3C(F)(F)F)c2C)ccn1. The van der Waals surface area contributed by atoms with Crippen LogP contribution in [0.2, 0.25) is 0 Å². The van der Waals surface area contributed by atoms with E-state index in [0.29, 0.717) is 28.2 Å². The van der Waals surface area contributed by atoms with E-state index in [1.165, 1.54) is 20.2 Å². The Morgan fingerprint density at radius 3 is 2.53 bits per heavy atom. The number of alkyl halides is 3. The number of aryl methyl sites for hydroxylation is 2. The molecule has 3 aromatic rings. The van der Waals surface area contributed by atoms with Gasteiger partial charge in [0.2, 0.25) is 5.91 Å². The lowest BCUT2D eigenvalue weighted by Crippen LogP contribution is -2.15. The van der Waals surface area contributed by atoms with Crippen LogP contribution < -0.4 is 5.32 Å². The molecule has 0 aromatic carbocycles. The highest BCUT2D eigenvalue weighted by atomic mass is 32.2. The van der Waals surface area contributed by atoms with E-state index in [1.807, 2.05) is 0 Å². The molecule has 3 aromatic heterocycles. The highest BCUT2D eigenvalue weighted by molar-refractivity contribution is 7.90. The van der Waals surface area contributed by atoms with Gasteiger partial charge >= 0.3 is 6.18 Å². The molecule has 32 heavy (non-hydrogen) atoms. The van der Waals surface area contributed by atoms with Gasteiger partial charge in [-0.1, -0.05) is 0 Å². The Morgan fingerprint density at radius 1 is 1.22 bits per heavy atom. The molecule has 1 amide bonds. The van der Waals surface area contributed by atoms with Crippen LogP contribution in [0.4, 0.5) is 19.0 Å². The first kappa shape index (κ1) is 23.4. The summed E-state index contributed by atoms with van der Waals surface area (Å²) in [5.74, 6) is -0.685. The molecule has 1 N–H and O–H groups in total. The Morgan fingerprint density at radius 2 is 1.91 bits per heavy atom. The number of anilines is 1. The van der Waals surface area contributed by atoms with Crippen LogP contribution >= 0.6 is 0 Å². The number of amides is 1. The van der Waals surface area contributed by atoms with Crippen LogP contribution in [-0.2, 0) is 33.6 Å². The molecule has 8 nitrogen and oxygen atoms in total. The molecule has 0 fully saturated rings. The third kappa shape index (κ3) is 4.79. The van der Waals surface area contributed by atoms with E-state index in [9.17, 15) is 26.4 Å². The predicted octanol–water partition coefficient (Wildman–Crippen LogP) is 3.45. The summed E-state index contributed by atoms with van der Waals surface area (Å²) in [6.07, 6.45) is -1.05. The van der Waals surface area contributed by atoms with Crippen LogP contribution in [0.1, 0.15) is 29.4 Å². The number of hydrogen-bond acceptors (Lipinski definition) is 6. The third-order valence-corrected chi connectivity index (χ3v) is 6.43. The molecule has 170 valence electrons. The maximum atomic E-state index is 13.3. The number of hydrogen-bond donors (Lipinski definition) is 1. The van der Waals surface area contributed by atoms with Gasteiger partial charge in [-0.05, 0) is 42.7 Å². The summed E-state index contributed by atoms with van der Waals surface area (Å²) in [6.45, 7) is 4.59. The normalized spacial score (nSPS) is 12.1. The van der Waals surface area contributed by atoms with Crippen molar-refractivity contribution < 1.29 is 26.4 Å². The number of aromatic nitrogens is 4. The van der Waals surface area contributed by atoms with Gasteiger partial charge in [-0.25, -0.2) is 13.4 Å². The minimum atomic E-state index is -4.91. The molecule has 0 saturated carbocycles. The molecule has 3 heterocycles. The number of carbonyl (C=O) groups excluding carboxylic acids is 1. The van der Waals surface area contributed by atoms with Crippen LogP contribution in [0, 0.1) is 13.8 Å². The Bertz CT molecular complexity index is 1300. The lowest BCUT2D eigenvalue weighted by atomic mass is 9.99. The predicted molar refractivity (Wildman–Crippen MR) is 110 cm³/mol. The lowest BCUT2D eigenvalue weighted by molar-refractivity contribution is -0.143. The Labute approximate surface area is 182 Å². The second kappa shape index (κ2) is 8.34. The van der Waals surface area contributed by atoms with Crippen LogP contribution in [0.3, 0.4) is 0 Å². The second-order valence-corrected chi connectivity index (χ2v) is 9.20. The smallest absolute Gasteiger partial charge is 0.311 e. The molecule has 0 aliphatic heterocycles. The number of nitrogens with one attached hydrogen (secondary N) is 1. The molecular formula is C20H20F3N5O3S. The minimum absolute atomic E-state index is 0.289. The van der Waals surface area contributed by atoms with Crippen LogP contribution in [0.25, 0.3) is 11.1 Å². The fourth-order valence-electron chi connectivity index (χ4n) is 3.28. The summed E-state index contributed by atoms with van der Waals surface area (Å²) in [4.78, 5) is 18.7. The van der Waals surface area contributed by atoms with Gasteiger partial charge in [0.25, 0.3) is 0 Å². The minimum Gasteiger partial charge on any atom is -0.311 e. The summed E-state index contributed by atoms with van der Waals surface area (Å²) in [7, 11) is -3.16. The van der Waals surface area contributed by atoms with E-state index in [0.717, 1.165) is 10.9 Å². The van der Waals surface area contributed by atoms with Gasteiger partial charge in [0, 0.05) is 43.8 Å². The van der Waals surface area contributed by atoms with Gasteiger partial charge < -0.3 is 5.32 Å². The first-order valence-corrected chi connectivity index (χ1v) is 11.0. The summed E-state index contributed by atoms with van der Waals surface area (Å²) in [5, 5.41) is 5.85. The molecule has 0 unspecified atom stereocenters. The second-order valence-electron chi connectivity index (χ2n) is 7.24. The van der Waals surface area contributed by atoms with Crippen molar-refractivity contribution >= 4 is 21.6 Å². The fraction of sp³-hybridized carbons (Fsp3) is 0.300. The molecule has 0 bridgehead atoms. The zero-order chi connectivity index (χ0) is 23.8. The van der Waals surface area contributed by atoms with Crippen molar-refractivity contribution in [1.82, 2.24) is 19.7 Å². The van der Waals surface area contributed by atoms with Crippen molar-refractivity contribution in [3.8, 4) is 11.1 Å². The standard InChI is InChI=1S/C20H20F3N5O3S/c1-11-15(14-5-6-24-18(7-14)26-13(3)29)8-25-12(2)16(11)10-32(30,31)17-9-28(4)27-19(17)20(21,22)23/h5-9H,10H2,1-4H3,(H,24,26,29). The zero-order valence-corrected chi connectivity index (χ0v) is 18.5. The largest absolute Gasteiger partial charge is 0.436 e. The molecular weight excluding hydrogens is 447 g/mol. The average molecular weight is 467 g/mol. The maximum Gasteiger partial charge on any atom is 0.436 e. The molecule has 0 saturated heterocycles. The van der Waals surface area contributed by atoms with Crippen molar-refractivity contribution in [3.05, 3.63) is 53.2 Å². The van der Waals surface area contributed by atoms with Gasteiger partial charge in [0.05, 0.1) is 5.75 Å². The zero-order valence-electron chi connectivity index (χ0n) is 17.6. The molecule has 3 rings (SSSR count). The van der Waals surface area contributed by atoms with Gasteiger partial charge in [-0.15, -0.1) is 0 Å². The first-order valence-electron chi connectivity index (χ1n) is 9.32. The van der Waals surface area contributed by atoms with Gasteiger partial charge in [0.15, 0.2) is 15.5 Å². The highest BCUT2D eigenvalue weighted by Crippen LogP contribution is 2.35. The Hall–Kier alpha value is -3.28. The first-order chi connectivity index (χ1) is 14.8. The number of carbonyl (C=O) groups is 1. The highest BCUT2D eigenvalue weighted by Gasteiger charge is 2.41. The maximum absolute atomic E-state index is 13.3. The van der Waals surface area contributed by atoms with Crippen molar-refractivity contribution in [1.29, 1.82) is 0 Å². The monoisotopic (exact) mass is 467 g/mol. The van der Waals surface area contributed by atoms with E-state index in [-0.39, 0.29) is 11.5 Å². The Balaban J connectivity index is 2.07. The number of rotatable bonds is 5. The van der Waals surface area contributed by atoms with Crippen LogP contribution in [-0.4, -0.2) is 34.1 Å². The summed E-state index contributed by atoms with van der Waals surface area (Å²) in [6, 6.07) is 3.26. The summed E-state index contributed by atoms with van der Waals surface area (Å²) in [5.41, 5.74) is 0.939. The van der Waals surface area contributed by atoms with Crippen LogP contribution in [0.5, 0.6) is 0 Å². The van der Waals surface area contributed by atoms with Crippen molar-refractivity contribution in [2.75, 3.05) is 5.32 Å². The summed E-state index contributed by atoms with van der Waals surface area (Å²) < 4.78 is 66.7. The number of nitrogens with zero attached hydrogens (tertiary/aromatic N) is 4. The lowest BCUT2D eigenvalue weighted by Gasteiger charge is -2.15. The van der Waals surface area contributed by atoms with Gasteiger partial charge in [-0.2, -0.15) is 18.3 Å². The molecule has 0 spiro atoms. The average Bonchev–Trinajstić information content (AvgIpc) is 3.08. The topological polar surface area (TPSA) is 107 Å². The van der Waals surface area contributed by atoms with E-state index in [2.05, 4.69) is 20.4 Å². The molecule has 0 atom stereocenters. The number of sulfone groups is 1. The van der Waals surface area contributed by atoms with Crippen molar-refractivity contribution in [2.45, 2.75) is 37.6 Å². The third-order valence-electron chi connectivity index (χ3n) is 4.79. The number of halogens is 3. The van der Waals surface area contributed by atoms with E-state index < -0.39 is 32.4 Å². The van der Waals surface area contributed by atoms with Gasteiger partial charge in [-0.3, -0.25) is 14.5 Å². The molecule has 0 radical (unpaired) electrons. The number of pyridine rings is 2. The molecule has 0 aliphatic carbocycles. The molecule has 12 heteroatoms. The van der Waals surface area contributed by atoms with Crippen molar-refractivity contribution in [3.63, 3.8) is 0 Å². The van der Waals surface area contributed by atoms with E-state index in [4.69, 9.17) is 0 Å². The van der Waals surface area contributed by atoms with Crippen molar-refractivity contribution in [2.24, 2.45) is 7.05 Å². The van der Waals surface area contributed by atoms with E-state index >= 15 is 0 Å². The summed E-state index contributed by atoms with van der Waals surface area (Å²) >= 11 is 0.